The quantitative estimate of drug-likeness (QED) is 0.556. The van der Waals surface area contributed by atoms with Crippen molar-refractivity contribution in [2.75, 3.05) is 19.3 Å². The van der Waals surface area contributed by atoms with Gasteiger partial charge in [-0.05, 0) is 60.9 Å². The zero-order valence-electron chi connectivity index (χ0n) is 23.0. The standard InChI is InChI=1S/C26H39N7O5/c1-25(2,3)38-24(34)31-15-8-7-9-16(11-10-15)32(6)12-17-19-20(37-26(4,5)36-19)23(35-17)33-14-30-18-21(27)28-13-29-22(18)33/h10-11,13-17,19-20,23H,7-9,12H2,1-6H3,(H,31,34)(H2,27,28,29)/t15-,16+,17+,19+,20+,23+/m0/s1. The molecule has 2 saturated heterocycles. The van der Waals surface area contributed by atoms with E-state index in [1.807, 2.05) is 39.2 Å². The van der Waals surface area contributed by atoms with E-state index < -0.39 is 23.7 Å². The molecule has 2 aliphatic heterocycles. The lowest BCUT2D eigenvalue weighted by atomic mass is 10.1. The number of ether oxygens (including phenoxy) is 4. The van der Waals surface area contributed by atoms with Crippen LogP contribution in [0.1, 0.15) is 60.1 Å². The summed E-state index contributed by atoms with van der Waals surface area (Å²) >= 11 is 0. The molecule has 1 aliphatic carbocycles. The molecule has 38 heavy (non-hydrogen) atoms. The molecule has 0 aromatic carbocycles. The van der Waals surface area contributed by atoms with Crippen molar-refractivity contribution in [1.29, 1.82) is 0 Å². The van der Waals surface area contributed by atoms with Crippen LogP contribution in [0.4, 0.5) is 10.6 Å². The van der Waals surface area contributed by atoms with E-state index >= 15 is 0 Å². The minimum atomic E-state index is -0.735. The van der Waals surface area contributed by atoms with Gasteiger partial charge in [0.25, 0.3) is 0 Å². The Balaban J connectivity index is 1.28. The molecule has 12 heteroatoms. The number of carbonyl (C=O) groups excluding carboxylic acids is 1. The lowest BCUT2D eigenvalue weighted by molar-refractivity contribution is -0.198. The first kappa shape index (κ1) is 26.8. The molecule has 0 radical (unpaired) electrons. The third kappa shape index (κ3) is 5.63. The zero-order valence-corrected chi connectivity index (χ0v) is 23.0. The summed E-state index contributed by atoms with van der Waals surface area (Å²) in [5.74, 6) is -0.412. The van der Waals surface area contributed by atoms with Crippen molar-refractivity contribution < 1.29 is 23.7 Å². The Morgan fingerprint density at radius 1 is 1.21 bits per heavy atom. The number of hydrogen-bond acceptors (Lipinski definition) is 10. The fourth-order valence-electron chi connectivity index (χ4n) is 5.45. The van der Waals surface area contributed by atoms with Crippen LogP contribution in [0.2, 0.25) is 0 Å². The molecule has 5 rings (SSSR count). The number of aromatic nitrogens is 4. The SMILES string of the molecule is CN(C[C@H]1O[C@@H](n2cnc3c(N)ncnc32)[C@@H]2OC(C)(C)O[C@@H]21)[C@H]1C=C[C@@H](NC(=O)OC(C)(C)C)CCC1. The third-order valence-electron chi connectivity index (χ3n) is 7.10. The Hall–Kier alpha value is -2.80. The van der Waals surface area contributed by atoms with Crippen molar-refractivity contribution in [3.63, 3.8) is 0 Å². The van der Waals surface area contributed by atoms with Crippen LogP contribution in [0.5, 0.6) is 0 Å². The molecular weight excluding hydrogens is 490 g/mol. The van der Waals surface area contributed by atoms with E-state index in [1.54, 1.807) is 6.33 Å². The number of likely N-dealkylation sites (N-methyl/N-ethyl adjacent to an activating group) is 1. The predicted molar refractivity (Wildman–Crippen MR) is 140 cm³/mol. The fourth-order valence-corrected chi connectivity index (χ4v) is 5.45. The summed E-state index contributed by atoms with van der Waals surface area (Å²) in [5.41, 5.74) is 6.60. The maximum atomic E-state index is 12.2. The van der Waals surface area contributed by atoms with Gasteiger partial charge in [-0.3, -0.25) is 9.47 Å². The maximum Gasteiger partial charge on any atom is 0.408 e. The van der Waals surface area contributed by atoms with E-state index in [9.17, 15) is 4.79 Å². The monoisotopic (exact) mass is 529 g/mol. The van der Waals surface area contributed by atoms with Crippen LogP contribution in [-0.4, -0.2) is 85.9 Å². The van der Waals surface area contributed by atoms with Crippen LogP contribution in [0, 0.1) is 0 Å². The fraction of sp³-hybridized carbons (Fsp3) is 0.692. The van der Waals surface area contributed by atoms with Crippen molar-refractivity contribution in [2.45, 2.75) is 102 Å². The molecule has 3 aliphatic rings. The molecule has 2 aromatic rings. The van der Waals surface area contributed by atoms with E-state index in [0.29, 0.717) is 23.5 Å². The summed E-state index contributed by atoms with van der Waals surface area (Å²) in [4.78, 5) is 27.3. The maximum absolute atomic E-state index is 12.2. The van der Waals surface area contributed by atoms with Crippen LogP contribution in [0.25, 0.3) is 11.2 Å². The first-order chi connectivity index (χ1) is 17.9. The molecule has 4 heterocycles. The predicted octanol–water partition coefficient (Wildman–Crippen LogP) is 2.76. The molecular formula is C26H39N7O5. The van der Waals surface area contributed by atoms with Crippen LogP contribution in [0.15, 0.2) is 24.8 Å². The van der Waals surface area contributed by atoms with Gasteiger partial charge in [-0.15, -0.1) is 0 Å². The summed E-state index contributed by atoms with van der Waals surface area (Å²) in [6, 6.07) is 0.134. The number of hydrogen-bond donors (Lipinski definition) is 2. The summed E-state index contributed by atoms with van der Waals surface area (Å²) in [5, 5.41) is 2.97. The van der Waals surface area contributed by atoms with Crippen molar-refractivity contribution in [2.24, 2.45) is 0 Å². The number of rotatable bonds is 5. The molecule has 0 saturated carbocycles. The number of alkyl carbamates (subject to hydrolysis) is 1. The van der Waals surface area contributed by atoms with Crippen molar-refractivity contribution in [1.82, 2.24) is 29.7 Å². The molecule has 6 atom stereocenters. The van der Waals surface area contributed by atoms with Gasteiger partial charge in [-0.2, -0.15) is 0 Å². The number of nitrogen functional groups attached to an aromatic ring is 1. The average Bonchev–Trinajstić information content (AvgIpc) is 3.40. The Kier molecular flexibility index (Phi) is 7.10. The second kappa shape index (κ2) is 10.1. The minimum absolute atomic E-state index is 0.0592. The number of imidazole rings is 1. The molecule has 1 amide bonds. The topological polar surface area (TPSA) is 139 Å². The summed E-state index contributed by atoms with van der Waals surface area (Å²) in [7, 11) is 2.09. The van der Waals surface area contributed by atoms with Gasteiger partial charge in [0.05, 0.1) is 12.4 Å². The molecule has 0 unspecified atom stereocenters. The highest BCUT2D eigenvalue weighted by molar-refractivity contribution is 5.81. The number of anilines is 1. The second-order valence-corrected chi connectivity index (χ2v) is 11.8. The largest absolute Gasteiger partial charge is 0.444 e. The van der Waals surface area contributed by atoms with Gasteiger partial charge in [-0.25, -0.2) is 19.7 Å². The summed E-state index contributed by atoms with van der Waals surface area (Å²) < 4.78 is 26.4. The average molecular weight is 530 g/mol. The number of nitrogens with two attached hydrogens (primary N) is 1. The normalized spacial score (nSPS) is 30.9. The van der Waals surface area contributed by atoms with Gasteiger partial charge in [0.15, 0.2) is 23.5 Å². The number of fused-ring (bicyclic) bond motifs is 2. The molecule has 208 valence electrons. The first-order valence-corrected chi connectivity index (χ1v) is 13.2. The Morgan fingerprint density at radius 2 is 1.97 bits per heavy atom. The van der Waals surface area contributed by atoms with Crippen LogP contribution in [-0.2, 0) is 18.9 Å². The van der Waals surface area contributed by atoms with E-state index in [2.05, 4.69) is 44.4 Å². The highest BCUT2D eigenvalue weighted by atomic mass is 16.8. The molecule has 0 spiro atoms. The minimum Gasteiger partial charge on any atom is -0.444 e. The van der Waals surface area contributed by atoms with Gasteiger partial charge >= 0.3 is 6.09 Å². The number of carbonyl (C=O) groups is 1. The van der Waals surface area contributed by atoms with E-state index in [4.69, 9.17) is 24.7 Å². The lowest BCUT2D eigenvalue weighted by Crippen LogP contribution is -2.42. The number of amides is 1. The van der Waals surface area contributed by atoms with E-state index in [-0.39, 0.29) is 30.4 Å². The number of nitrogens with zero attached hydrogens (tertiary/aromatic N) is 5. The Labute approximate surface area is 222 Å². The van der Waals surface area contributed by atoms with Crippen molar-refractivity contribution in [3.8, 4) is 0 Å². The van der Waals surface area contributed by atoms with Gasteiger partial charge in [-0.1, -0.05) is 12.2 Å². The summed E-state index contributed by atoms with van der Waals surface area (Å²) in [6.07, 6.45) is 8.44. The molecule has 2 aromatic heterocycles. The third-order valence-corrected chi connectivity index (χ3v) is 7.10. The van der Waals surface area contributed by atoms with E-state index in [1.165, 1.54) is 6.33 Å². The molecule has 0 bridgehead atoms. The van der Waals surface area contributed by atoms with Crippen molar-refractivity contribution in [3.05, 3.63) is 24.8 Å². The molecule has 2 fully saturated rings. The Morgan fingerprint density at radius 3 is 2.74 bits per heavy atom. The van der Waals surface area contributed by atoms with Crippen LogP contribution in [0.3, 0.4) is 0 Å². The van der Waals surface area contributed by atoms with Crippen LogP contribution < -0.4 is 11.1 Å². The van der Waals surface area contributed by atoms with Gasteiger partial charge in [0.2, 0.25) is 0 Å². The van der Waals surface area contributed by atoms with Gasteiger partial charge in [0.1, 0.15) is 35.8 Å². The lowest BCUT2D eigenvalue weighted by Gasteiger charge is -2.30. The van der Waals surface area contributed by atoms with E-state index in [0.717, 1.165) is 19.3 Å². The zero-order chi connectivity index (χ0) is 27.2. The first-order valence-electron chi connectivity index (χ1n) is 13.2. The Bertz CT molecular complexity index is 1190. The van der Waals surface area contributed by atoms with Crippen LogP contribution >= 0.6 is 0 Å². The molecule has 3 N–H and O–H groups in total. The highest BCUT2D eigenvalue weighted by Crippen LogP contribution is 2.44. The smallest absolute Gasteiger partial charge is 0.408 e. The van der Waals surface area contributed by atoms with Crippen molar-refractivity contribution >= 4 is 23.1 Å². The summed E-state index contributed by atoms with van der Waals surface area (Å²) in [6.45, 7) is 10.1. The number of nitrogens with one attached hydrogen (secondary N) is 1. The highest BCUT2D eigenvalue weighted by Gasteiger charge is 2.56. The van der Waals surface area contributed by atoms with Gasteiger partial charge < -0.3 is 30.0 Å². The second-order valence-electron chi connectivity index (χ2n) is 11.8. The molecule has 12 nitrogen and oxygen atoms in total. The van der Waals surface area contributed by atoms with Gasteiger partial charge in [0, 0.05) is 12.6 Å².